The fourth-order valence-corrected chi connectivity index (χ4v) is 2.71. The van der Waals surface area contributed by atoms with Crippen LogP contribution in [0.5, 0.6) is 5.75 Å². The molecule has 26 heavy (non-hydrogen) atoms. The van der Waals surface area contributed by atoms with Gasteiger partial charge in [0.1, 0.15) is 29.3 Å². The molecule has 0 spiro atoms. The molecule has 134 valence electrons. The Balaban J connectivity index is 1.76. The molecule has 0 unspecified atom stereocenters. The van der Waals surface area contributed by atoms with E-state index in [1.165, 1.54) is 0 Å². The predicted molar refractivity (Wildman–Crippen MR) is 102 cm³/mol. The summed E-state index contributed by atoms with van der Waals surface area (Å²) in [6, 6.07) is 15.5. The molecule has 0 aliphatic carbocycles. The summed E-state index contributed by atoms with van der Waals surface area (Å²) in [7, 11) is 0. The normalized spacial score (nSPS) is 11.4. The predicted octanol–water partition coefficient (Wildman–Crippen LogP) is 5.40. The minimum absolute atomic E-state index is 0.186. The van der Waals surface area contributed by atoms with Crippen molar-refractivity contribution in [2.75, 3.05) is 6.61 Å². The number of ether oxygens (including phenoxy) is 2. The molecule has 0 bridgehead atoms. The summed E-state index contributed by atoms with van der Waals surface area (Å²) < 4.78 is 16.8. The number of benzene rings is 2. The van der Waals surface area contributed by atoms with Crippen LogP contribution in [-0.2, 0) is 4.74 Å². The highest BCUT2D eigenvalue weighted by molar-refractivity contribution is 6.04. The number of esters is 1. The Morgan fingerprint density at radius 2 is 1.92 bits per heavy atom. The van der Waals surface area contributed by atoms with Gasteiger partial charge in [0.25, 0.3) is 0 Å². The molecule has 0 amide bonds. The van der Waals surface area contributed by atoms with Crippen molar-refractivity contribution >= 4 is 23.0 Å². The number of hydrogen-bond donors (Lipinski definition) is 0. The Labute approximate surface area is 153 Å². The van der Waals surface area contributed by atoms with Crippen molar-refractivity contribution in [3.05, 3.63) is 71.5 Å². The van der Waals surface area contributed by atoms with Crippen molar-refractivity contribution in [3.8, 4) is 5.75 Å². The van der Waals surface area contributed by atoms with Crippen molar-refractivity contribution in [2.24, 2.45) is 0 Å². The third-order valence-corrected chi connectivity index (χ3v) is 3.84. The summed E-state index contributed by atoms with van der Waals surface area (Å²) in [5.74, 6) is 0.846. The van der Waals surface area contributed by atoms with Crippen LogP contribution in [0.3, 0.4) is 0 Å². The molecule has 0 aliphatic rings. The summed E-state index contributed by atoms with van der Waals surface area (Å²) in [5, 5.41) is 0.706. The van der Waals surface area contributed by atoms with Gasteiger partial charge in [-0.1, -0.05) is 36.4 Å². The maximum absolute atomic E-state index is 12.3. The van der Waals surface area contributed by atoms with Gasteiger partial charge in [0.2, 0.25) is 0 Å². The second kappa shape index (κ2) is 7.91. The van der Waals surface area contributed by atoms with Crippen molar-refractivity contribution in [1.82, 2.24) is 0 Å². The van der Waals surface area contributed by atoms with E-state index in [1.807, 2.05) is 74.5 Å². The van der Waals surface area contributed by atoms with Crippen molar-refractivity contribution in [3.63, 3.8) is 0 Å². The molecule has 4 nitrogen and oxygen atoms in total. The monoisotopic (exact) mass is 350 g/mol. The van der Waals surface area contributed by atoms with Gasteiger partial charge >= 0.3 is 5.97 Å². The summed E-state index contributed by atoms with van der Waals surface area (Å²) in [5.41, 5.74) is 2.22. The Kier molecular flexibility index (Phi) is 5.42. The van der Waals surface area contributed by atoms with Gasteiger partial charge in [0, 0.05) is 5.39 Å². The minimum Gasteiger partial charge on any atom is -0.490 e. The third-order valence-electron chi connectivity index (χ3n) is 3.84. The van der Waals surface area contributed by atoms with Gasteiger partial charge in [-0.25, -0.2) is 4.79 Å². The van der Waals surface area contributed by atoms with Crippen LogP contribution in [0.4, 0.5) is 0 Å². The molecular weight excluding hydrogens is 328 g/mol. The SMILES string of the molecule is Cc1oc2ccc(OCC=Cc3ccccc3)cc2c1C(=O)OC(C)C. The first kappa shape index (κ1) is 17.8. The Bertz CT molecular complexity index is 920. The largest absolute Gasteiger partial charge is 0.490 e. The van der Waals surface area contributed by atoms with Crippen molar-refractivity contribution in [2.45, 2.75) is 26.9 Å². The lowest BCUT2D eigenvalue weighted by molar-refractivity contribution is 0.0378. The molecular formula is C22H22O4. The molecule has 0 saturated heterocycles. The Morgan fingerprint density at radius 1 is 1.15 bits per heavy atom. The lowest BCUT2D eigenvalue weighted by Crippen LogP contribution is -2.12. The first-order valence-corrected chi connectivity index (χ1v) is 8.63. The van der Waals surface area contributed by atoms with E-state index >= 15 is 0 Å². The maximum atomic E-state index is 12.3. The number of rotatable bonds is 6. The molecule has 0 radical (unpaired) electrons. The zero-order chi connectivity index (χ0) is 18.5. The van der Waals surface area contributed by atoms with Gasteiger partial charge in [-0.2, -0.15) is 0 Å². The average Bonchev–Trinajstić information content (AvgIpc) is 2.94. The van der Waals surface area contributed by atoms with Crippen molar-refractivity contribution in [1.29, 1.82) is 0 Å². The highest BCUT2D eigenvalue weighted by Gasteiger charge is 2.20. The van der Waals surface area contributed by atoms with E-state index in [0.29, 0.717) is 34.6 Å². The van der Waals surface area contributed by atoms with Crippen LogP contribution in [0.25, 0.3) is 17.0 Å². The molecule has 3 aromatic rings. The lowest BCUT2D eigenvalue weighted by atomic mass is 10.1. The first-order chi connectivity index (χ1) is 12.5. The molecule has 4 heteroatoms. The standard InChI is InChI=1S/C22H22O4/c1-15(2)25-22(23)21-16(3)26-20-12-11-18(14-19(20)21)24-13-7-10-17-8-5-4-6-9-17/h4-12,14-15H,13H2,1-3H3. The average molecular weight is 350 g/mol. The minimum atomic E-state index is -0.377. The third kappa shape index (κ3) is 4.14. The van der Waals surface area contributed by atoms with Crippen LogP contribution in [0.15, 0.2) is 59.0 Å². The van der Waals surface area contributed by atoms with Gasteiger partial charge in [0.05, 0.1) is 6.10 Å². The molecule has 1 aromatic heterocycles. The molecule has 0 fully saturated rings. The van der Waals surface area contributed by atoms with E-state index in [2.05, 4.69) is 0 Å². The molecule has 1 heterocycles. The highest BCUT2D eigenvalue weighted by atomic mass is 16.5. The van der Waals surface area contributed by atoms with Gasteiger partial charge in [-0.05, 0) is 50.6 Å². The topological polar surface area (TPSA) is 48.7 Å². The molecule has 0 atom stereocenters. The smallest absolute Gasteiger partial charge is 0.342 e. The van der Waals surface area contributed by atoms with Crippen LogP contribution in [0.2, 0.25) is 0 Å². The van der Waals surface area contributed by atoms with Crippen molar-refractivity contribution < 1.29 is 18.7 Å². The lowest BCUT2D eigenvalue weighted by Gasteiger charge is -2.07. The molecule has 3 rings (SSSR count). The fraction of sp³-hybridized carbons (Fsp3) is 0.227. The van der Waals surface area contributed by atoms with E-state index in [4.69, 9.17) is 13.9 Å². The van der Waals surface area contributed by atoms with Crippen LogP contribution in [0, 0.1) is 6.92 Å². The zero-order valence-electron chi connectivity index (χ0n) is 15.2. The maximum Gasteiger partial charge on any atom is 0.342 e. The Hall–Kier alpha value is -3.01. The fourth-order valence-electron chi connectivity index (χ4n) is 2.71. The van der Waals surface area contributed by atoms with Crippen LogP contribution in [-0.4, -0.2) is 18.7 Å². The van der Waals surface area contributed by atoms with E-state index in [1.54, 1.807) is 6.92 Å². The molecule has 2 aromatic carbocycles. The second-order valence-electron chi connectivity index (χ2n) is 6.27. The summed E-state index contributed by atoms with van der Waals surface area (Å²) >= 11 is 0. The molecule has 0 N–H and O–H groups in total. The second-order valence-corrected chi connectivity index (χ2v) is 6.27. The Morgan fingerprint density at radius 3 is 2.65 bits per heavy atom. The number of carbonyl (C=O) groups is 1. The highest BCUT2D eigenvalue weighted by Crippen LogP contribution is 2.30. The molecule has 0 aliphatic heterocycles. The number of carbonyl (C=O) groups excluding carboxylic acids is 1. The van der Waals surface area contributed by atoms with Gasteiger partial charge in [0.15, 0.2) is 0 Å². The van der Waals surface area contributed by atoms with Crippen LogP contribution in [0.1, 0.15) is 35.5 Å². The zero-order valence-corrected chi connectivity index (χ0v) is 15.2. The molecule has 0 saturated carbocycles. The van der Waals surface area contributed by atoms with Gasteiger partial charge in [-0.3, -0.25) is 0 Å². The first-order valence-electron chi connectivity index (χ1n) is 8.63. The quantitative estimate of drug-likeness (QED) is 0.559. The number of aryl methyl sites for hydroxylation is 1. The van der Waals surface area contributed by atoms with Gasteiger partial charge < -0.3 is 13.9 Å². The summed E-state index contributed by atoms with van der Waals surface area (Å²) in [6.45, 7) is 5.84. The van der Waals surface area contributed by atoms with Crippen LogP contribution >= 0.6 is 0 Å². The number of furan rings is 1. The van der Waals surface area contributed by atoms with E-state index in [-0.39, 0.29) is 12.1 Å². The van der Waals surface area contributed by atoms with Crippen LogP contribution < -0.4 is 4.74 Å². The van der Waals surface area contributed by atoms with E-state index in [9.17, 15) is 4.79 Å². The number of fused-ring (bicyclic) bond motifs is 1. The summed E-state index contributed by atoms with van der Waals surface area (Å²) in [4.78, 5) is 12.3. The number of hydrogen-bond acceptors (Lipinski definition) is 4. The van der Waals surface area contributed by atoms with E-state index < -0.39 is 0 Å². The summed E-state index contributed by atoms with van der Waals surface area (Å²) in [6.07, 6.45) is 3.77. The van der Waals surface area contributed by atoms with E-state index in [0.717, 1.165) is 5.56 Å². The van der Waals surface area contributed by atoms with Gasteiger partial charge in [-0.15, -0.1) is 0 Å².